The highest BCUT2D eigenvalue weighted by Crippen LogP contribution is 2.59. The summed E-state index contributed by atoms with van der Waals surface area (Å²) in [7, 11) is 0. The van der Waals surface area contributed by atoms with E-state index in [4.69, 9.17) is 33.3 Å². The van der Waals surface area contributed by atoms with Crippen LogP contribution in [0.2, 0.25) is 0 Å². The summed E-state index contributed by atoms with van der Waals surface area (Å²) in [4.78, 5) is 90.0. The number of esters is 4. The van der Waals surface area contributed by atoms with Crippen LogP contribution in [0.4, 0.5) is 0 Å². The summed E-state index contributed by atoms with van der Waals surface area (Å²) in [5, 5.41) is 14.6. The molecule has 1 aliphatic carbocycles. The van der Waals surface area contributed by atoms with Gasteiger partial charge >= 0.3 is 23.9 Å². The summed E-state index contributed by atoms with van der Waals surface area (Å²) in [5.74, 6) is -4.16. The molecule has 1 saturated carbocycles. The molecule has 370 valence electrons. The molecule has 1 aromatic carbocycles. The van der Waals surface area contributed by atoms with Crippen molar-refractivity contribution in [2.45, 2.75) is 199 Å². The van der Waals surface area contributed by atoms with Crippen molar-refractivity contribution in [3.63, 3.8) is 0 Å². The number of ether oxygens (including phenoxy) is 6. The average Bonchev–Trinajstić information content (AvgIpc) is 4.06. The lowest BCUT2D eigenvalue weighted by Gasteiger charge is -2.50. The molecule has 6 fully saturated rings. The maximum Gasteiger partial charge on any atom is 0.348 e. The van der Waals surface area contributed by atoms with Crippen LogP contribution >= 0.6 is 0 Å². The van der Waals surface area contributed by atoms with Crippen LogP contribution in [-0.4, -0.2) is 131 Å². The number of nitrogens with one attached hydrogen (secondary N) is 1. The first kappa shape index (κ1) is 50.5. The van der Waals surface area contributed by atoms with Crippen molar-refractivity contribution in [2.24, 2.45) is 10.8 Å². The summed E-state index contributed by atoms with van der Waals surface area (Å²) in [6.45, 7) is 13.2. The molecule has 67 heavy (non-hydrogen) atoms. The summed E-state index contributed by atoms with van der Waals surface area (Å²) in [5.41, 5.74) is -1.42. The van der Waals surface area contributed by atoms with Crippen molar-refractivity contribution in [1.82, 2.24) is 15.3 Å². The van der Waals surface area contributed by atoms with E-state index in [9.17, 15) is 29.1 Å². The Hall–Kier alpha value is -4.42. The molecule has 9 atom stereocenters. The van der Waals surface area contributed by atoms with Gasteiger partial charge in [0.2, 0.25) is 17.9 Å². The molecular formula is C50H71N3O14. The molecule has 0 aromatic heterocycles. The number of hydroxylamine groups is 2. The van der Waals surface area contributed by atoms with Crippen LogP contribution in [-0.2, 0) is 68.6 Å². The van der Waals surface area contributed by atoms with E-state index in [1.54, 1.807) is 57.7 Å². The number of fused-ring (bicyclic) bond motifs is 4. The van der Waals surface area contributed by atoms with Gasteiger partial charge in [-0.15, -0.1) is 0 Å². The molecule has 2 N–H and O–H groups in total. The topological polar surface area (TPSA) is 206 Å². The lowest BCUT2D eigenvalue weighted by molar-refractivity contribution is -0.225. The minimum atomic E-state index is -1.51. The van der Waals surface area contributed by atoms with Crippen LogP contribution in [0.5, 0.6) is 0 Å². The van der Waals surface area contributed by atoms with Gasteiger partial charge in [-0.05, 0) is 70.1 Å². The van der Waals surface area contributed by atoms with E-state index in [1.165, 1.54) is 11.1 Å². The van der Waals surface area contributed by atoms with Gasteiger partial charge in [0.25, 0.3) is 0 Å². The molecule has 5 aliphatic heterocycles. The average molecular weight is 938 g/mol. The van der Waals surface area contributed by atoms with Crippen molar-refractivity contribution < 1.29 is 67.1 Å². The number of carbonyl (C=O) groups is 6. The predicted molar refractivity (Wildman–Crippen MR) is 241 cm³/mol. The standard InChI is InChI=1S/C50H71N3O14/c1-8-10-12-24-49(25-13-11-9-2)65-38-35-27-50(46(60)52-26-14-15-34(52)43(57)51-33(29-54)21-23-37(56)64-47(3,4)5)40(44(58)62-35)53(67-41(50)39(38)66-49)28-32-18-16-31(17-19-32)20-22-36(55)63-42-45(59)61-30-48(42,6)7/h16-20,22,33-35,38-42,54H,8-15,21,23-30H2,1-7H3,(H,51,57)/t33-,34+,35+,38-,39-,40-,41+,42-,50-/m0/s1. The van der Waals surface area contributed by atoms with Crippen LogP contribution in [0, 0.1) is 10.8 Å². The third kappa shape index (κ3) is 10.9. The number of aliphatic hydroxyl groups excluding tert-OH is 1. The highest BCUT2D eigenvalue weighted by Gasteiger charge is 2.77. The van der Waals surface area contributed by atoms with Crippen molar-refractivity contribution in [3.05, 3.63) is 41.5 Å². The molecule has 2 bridgehead atoms. The highest BCUT2D eigenvalue weighted by atomic mass is 16.8. The number of hydrogen-bond donors (Lipinski definition) is 2. The second kappa shape index (κ2) is 20.7. The molecule has 17 heteroatoms. The molecule has 1 aromatic rings. The lowest BCUT2D eigenvalue weighted by Crippen LogP contribution is -2.70. The van der Waals surface area contributed by atoms with Crippen molar-refractivity contribution in [1.29, 1.82) is 0 Å². The molecule has 5 heterocycles. The molecule has 17 nitrogen and oxygen atoms in total. The minimum absolute atomic E-state index is 0.0192. The van der Waals surface area contributed by atoms with E-state index in [0.717, 1.165) is 44.1 Å². The van der Waals surface area contributed by atoms with Gasteiger partial charge in [-0.3, -0.25) is 24.0 Å². The smallest absolute Gasteiger partial charge is 0.348 e. The number of hydrogen-bond acceptors (Lipinski definition) is 15. The van der Waals surface area contributed by atoms with Gasteiger partial charge in [-0.25, -0.2) is 9.59 Å². The normalized spacial score (nSPS) is 29.9. The molecule has 6 aliphatic rings. The van der Waals surface area contributed by atoms with Crippen LogP contribution in [0.25, 0.3) is 6.08 Å². The highest BCUT2D eigenvalue weighted by molar-refractivity contribution is 5.97. The van der Waals surface area contributed by atoms with Gasteiger partial charge < -0.3 is 43.7 Å². The zero-order valence-electron chi connectivity index (χ0n) is 40.3. The quantitative estimate of drug-likeness (QED) is 0.0744. The Kier molecular flexibility index (Phi) is 15.6. The maximum atomic E-state index is 15.6. The van der Waals surface area contributed by atoms with E-state index in [0.29, 0.717) is 31.2 Å². The summed E-state index contributed by atoms with van der Waals surface area (Å²) >= 11 is 0. The number of likely N-dealkylation sites (tertiary alicyclic amines) is 1. The zero-order chi connectivity index (χ0) is 48.3. The molecule has 7 rings (SSSR count). The zero-order valence-corrected chi connectivity index (χ0v) is 40.3. The fourth-order valence-electron chi connectivity index (χ4n) is 10.6. The number of cyclic esters (lactones) is 1. The summed E-state index contributed by atoms with van der Waals surface area (Å²) in [6.07, 6.45) is 6.71. The van der Waals surface area contributed by atoms with Crippen molar-refractivity contribution >= 4 is 41.8 Å². The SMILES string of the molecule is CCCCCC1(CCCCC)O[C@@H]2[C@H](O1)[C@H]1ON(Cc3ccc(C=CC(=O)O[C@H]4C(=O)OCC4(C)C)cc3)[C@H]3C(=O)O[C@@H]2C[C@@]13C(=O)N1CCC[C@@H]1C(=O)N[C@H](CO)CCC(=O)OC(C)(C)C. The first-order valence-electron chi connectivity index (χ1n) is 24.4. The van der Waals surface area contributed by atoms with Crippen molar-refractivity contribution in [3.8, 4) is 0 Å². The number of carbonyl (C=O) groups excluding carboxylic acids is 6. The molecule has 0 spiro atoms. The Morgan fingerprint density at radius 3 is 2.28 bits per heavy atom. The molecular weight excluding hydrogens is 867 g/mol. The summed E-state index contributed by atoms with van der Waals surface area (Å²) < 4.78 is 36.2. The Balaban J connectivity index is 1.14. The fraction of sp³-hybridized carbons (Fsp3) is 0.720. The van der Waals surface area contributed by atoms with Crippen LogP contribution in [0.3, 0.4) is 0 Å². The van der Waals surface area contributed by atoms with E-state index >= 15 is 4.79 Å². The molecule has 0 unspecified atom stereocenters. The maximum absolute atomic E-state index is 15.6. The van der Waals surface area contributed by atoms with Crippen molar-refractivity contribution in [2.75, 3.05) is 19.8 Å². The molecule has 2 amide bonds. The van der Waals surface area contributed by atoms with E-state index in [1.807, 2.05) is 12.1 Å². The number of rotatable bonds is 20. The Morgan fingerprint density at radius 2 is 1.66 bits per heavy atom. The second-order valence-corrected chi connectivity index (χ2v) is 20.9. The minimum Gasteiger partial charge on any atom is -0.462 e. The first-order chi connectivity index (χ1) is 31.8. The summed E-state index contributed by atoms with van der Waals surface area (Å²) in [6, 6.07) is 4.38. The Morgan fingerprint density at radius 1 is 0.970 bits per heavy atom. The lowest BCUT2D eigenvalue weighted by atomic mass is 9.62. The third-order valence-electron chi connectivity index (χ3n) is 13.9. The van der Waals surface area contributed by atoms with Crippen LogP contribution in [0.1, 0.15) is 143 Å². The van der Waals surface area contributed by atoms with Gasteiger partial charge in [0.1, 0.15) is 48.1 Å². The molecule has 5 saturated heterocycles. The predicted octanol–water partition coefficient (Wildman–Crippen LogP) is 5.23. The Labute approximate surface area is 393 Å². The van der Waals surface area contributed by atoms with E-state index in [-0.39, 0.29) is 39.0 Å². The number of aliphatic hydroxyl groups is 1. The largest absolute Gasteiger partial charge is 0.462 e. The van der Waals surface area contributed by atoms with Gasteiger partial charge in [0.15, 0.2) is 11.8 Å². The third-order valence-corrected chi connectivity index (χ3v) is 13.9. The van der Waals surface area contributed by atoms with Gasteiger partial charge in [0, 0.05) is 43.7 Å². The number of nitrogens with zero attached hydrogens (tertiary/aromatic N) is 2. The Bertz CT molecular complexity index is 2010. The van der Waals surface area contributed by atoms with E-state index in [2.05, 4.69) is 19.2 Å². The number of amides is 2. The van der Waals surface area contributed by atoms with Crippen LogP contribution < -0.4 is 5.32 Å². The van der Waals surface area contributed by atoms with E-state index < -0.39 is 113 Å². The second-order valence-electron chi connectivity index (χ2n) is 20.9. The number of unbranched alkanes of at least 4 members (excludes halogenated alkanes) is 4. The first-order valence-corrected chi connectivity index (χ1v) is 24.4. The monoisotopic (exact) mass is 937 g/mol. The number of benzene rings is 1. The fourth-order valence-corrected chi connectivity index (χ4v) is 10.6. The van der Waals surface area contributed by atoms with Crippen LogP contribution in [0.15, 0.2) is 30.3 Å². The van der Waals surface area contributed by atoms with Gasteiger partial charge in [-0.1, -0.05) is 77.6 Å². The molecule has 0 radical (unpaired) electrons. The van der Waals surface area contributed by atoms with Gasteiger partial charge in [0.05, 0.1) is 19.2 Å². The van der Waals surface area contributed by atoms with Gasteiger partial charge in [-0.2, -0.15) is 5.06 Å².